The van der Waals surface area contributed by atoms with Gasteiger partial charge in [-0.05, 0) is 37.1 Å². The number of nitrogens with zero attached hydrogens (tertiary/aromatic N) is 2. The van der Waals surface area contributed by atoms with Crippen molar-refractivity contribution in [3.05, 3.63) is 35.6 Å². The minimum absolute atomic E-state index is 0.0748. The third-order valence-electron chi connectivity index (χ3n) is 4.96. The van der Waals surface area contributed by atoms with E-state index in [0.29, 0.717) is 26.2 Å². The summed E-state index contributed by atoms with van der Waals surface area (Å²) in [6.45, 7) is 2.87. The number of piperidine rings is 1. The maximum Gasteiger partial charge on any atom is 0.236 e. The molecule has 0 aromatic heterocycles. The Balaban J connectivity index is 1.59. The Morgan fingerprint density at radius 3 is 2.79 bits per heavy atom. The molecular weight excluding hydrogens is 311 g/mol. The molecule has 6 heteroatoms. The van der Waals surface area contributed by atoms with Gasteiger partial charge in [0.15, 0.2) is 0 Å². The lowest BCUT2D eigenvalue weighted by Crippen LogP contribution is -2.50. The molecule has 1 aromatic rings. The highest BCUT2D eigenvalue weighted by Gasteiger charge is 2.29. The van der Waals surface area contributed by atoms with Gasteiger partial charge in [-0.3, -0.25) is 9.69 Å². The summed E-state index contributed by atoms with van der Waals surface area (Å²) in [7, 11) is 0. The van der Waals surface area contributed by atoms with Crippen molar-refractivity contribution in [3.63, 3.8) is 0 Å². The average molecular weight is 336 g/mol. The Kier molecular flexibility index (Phi) is 5.81. The smallest absolute Gasteiger partial charge is 0.236 e. The van der Waals surface area contributed by atoms with Crippen LogP contribution in [0.25, 0.3) is 0 Å². The lowest BCUT2D eigenvalue weighted by atomic mass is 10.0. The van der Waals surface area contributed by atoms with Crippen molar-refractivity contribution < 1.29 is 19.0 Å². The molecule has 1 N–H and O–H groups in total. The number of rotatable bonds is 4. The standard InChI is InChI=1S/C18H25FN2O3/c19-15-6-4-14(5-7-15)17-11-21(9-10-24-17)18(23)12-20-8-2-1-3-16(20)13-22/h4-7,16-17,22H,1-3,8-13H2/t16-,17?/m1/s1. The third-order valence-corrected chi connectivity index (χ3v) is 4.96. The zero-order chi connectivity index (χ0) is 16.9. The van der Waals surface area contributed by atoms with Crippen molar-refractivity contribution >= 4 is 5.91 Å². The summed E-state index contributed by atoms with van der Waals surface area (Å²) in [5.74, 6) is -0.201. The number of amides is 1. The van der Waals surface area contributed by atoms with Crippen LogP contribution in [0.1, 0.15) is 30.9 Å². The van der Waals surface area contributed by atoms with Crippen LogP contribution in [0, 0.1) is 5.82 Å². The highest BCUT2D eigenvalue weighted by atomic mass is 19.1. The first-order chi connectivity index (χ1) is 11.7. The topological polar surface area (TPSA) is 53.0 Å². The molecule has 2 fully saturated rings. The van der Waals surface area contributed by atoms with Gasteiger partial charge in [0.2, 0.25) is 5.91 Å². The van der Waals surface area contributed by atoms with Crippen molar-refractivity contribution in [1.82, 2.24) is 9.80 Å². The first-order valence-electron chi connectivity index (χ1n) is 8.67. The lowest BCUT2D eigenvalue weighted by Gasteiger charge is -2.38. The number of halogens is 1. The molecule has 2 heterocycles. The maximum atomic E-state index is 13.1. The number of hydrogen-bond donors (Lipinski definition) is 1. The number of carbonyl (C=O) groups is 1. The number of ether oxygens (including phenoxy) is 1. The fourth-order valence-corrected chi connectivity index (χ4v) is 3.50. The number of likely N-dealkylation sites (tertiary alicyclic amines) is 1. The van der Waals surface area contributed by atoms with Gasteiger partial charge in [0.1, 0.15) is 11.9 Å². The van der Waals surface area contributed by atoms with Gasteiger partial charge in [-0.1, -0.05) is 18.6 Å². The number of carbonyl (C=O) groups excluding carboxylic acids is 1. The molecule has 2 aliphatic heterocycles. The molecule has 2 saturated heterocycles. The van der Waals surface area contributed by atoms with E-state index in [1.54, 1.807) is 12.1 Å². The summed E-state index contributed by atoms with van der Waals surface area (Å²) >= 11 is 0. The SMILES string of the molecule is O=C(CN1CCCC[C@@H]1CO)N1CCOC(c2ccc(F)cc2)C1. The molecule has 1 unspecified atom stereocenters. The summed E-state index contributed by atoms with van der Waals surface area (Å²) in [5, 5.41) is 9.48. The molecule has 1 amide bonds. The molecule has 0 saturated carbocycles. The molecule has 2 atom stereocenters. The van der Waals surface area contributed by atoms with Gasteiger partial charge in [-0.25, -0.2) is 4.39 Å². The van der Waals surface area contributed by atoms with E-state index in [-0.39, 0.29) is 30.5 Å². The van der Waals surface area contributed by atoms with E-state index in [1.807, 2.05) is 4.90 Å². The van der Waals surface area contributed by atoms with E-state index < -0.39 is 0 Å². The Morgan fingerprint density at radius 1 is 1.25 bits per heavy atom. The van der Waals surface area contributed by atoms with Crippen LogP contribution in [0.2, 0.25) is 0 Å². The molecule has 132 valence electrons. The Labute approximate surface area is 142 Å². The van der Waals surface area contributed by atoms with E-state index in [0.717, 1.165) is 31.4 Å². The van der Waals surface area contributed by atoms with Gasteiger partial charge in [0.05, 0.1) is 26.3 Å². The normalized spacial score (nSPS) is 25.7. The predicted molar refractivity (Wildman–Crippen MR) is 88.0 cm³/mol. The number of morpholine rings is 1. The molecule has 0 spiro atoms. The average Bonchev–Trinajstić information content (AvgIpc) is 2.63. The van der Waals surface area contributed by atoms with Crippen LogP contribution in [0.5, 0.6) is 0 Å². The third kappa shape index (κ3) is 4.12. The highest BCUT2D eigenvalue weighted by Crippen LogP contribution is 2.23. The van der Waals surface area contributed by atoms with Crippen LogP contribution >= 0.6 is 0 Å². The molecule has 2 aliphatic rings. The van der Waals surface area contributed by atoms with Gasteiger partial charge in [-0.2, -0.15) is 0 Å². The maximum absolute atomic E-state index is 13.1. The molecule has 0 radical (unpaired) electrons. The van der Waals surface area contributed by atoms with Crippen molar-refractivity contribution in [2.75, 3.05) is 39.4 Å². The first-order valence-corrected chi connectivity index (χ1v) is 8.67. The van der Waals surface area contributed by atoms with Crippen molar-refractivity contribution in [2.24, 2.45) is 0 Å². The fraction of sp³-hybridized carbons (Fsp3) is 0.611. The number of hydrogen-bond acceptors (Lipinski definition) is 4. The van der Waals surface area contributed by atoms with E-state index in [1.165, 1.54) is 12.1 Å². The second-order valence-corrected chi connectivity index (χ2v) is 6.55. The van der Waals surface area contributed by atoms with Crippen LogP contribution in [0.15, 0.2) is 24.3 Å². The molecule has 0 aliphatic carbocycles. The number of aliphatic hydroxyl groups excluding tert-OH is 1. The van der Waals surface area contributed by atoms with Gasteiger partial charge < -0.3 is 14.7 Å². The van der Waals surface area contributed by atoms with Crippen LogP contribution in [-0.4, -0.2) is 66.2 Å². The van der Waals surface area contributed by atoms with Crippen LogP contribution in [-0.2, 0) is 9.53 Å². The van der Waals surface area contributed by atoms with E-state index in [2.05, 4.69) is 4.90 Å². The van der Waals surface area contributed by atoms with Gasteiger partial charge >= 0.3 is 0 Å². The second-order valence-electron chi connectivity index (χ2n) is 6.55. The highest BCUT2D eigenvalue weighted by molar-refractivity contribution is 5.78. The van der Waals surface area contributed by atoms with Crippen molar-refractivity contribution in [2.45, 2.75) is 31.4 Å². The zero-order valence-electron chi connectivity index (χ0n) is 13.9. The lowest BCUT2D eigenvalue weighted by molar-refractivity contribution is -0.141. The first kappa shape index (κ1) is 17.3. The Bertz CT molecular complexity index is 552. The minimum Gasteiger partial charge on any atom is -0.395 e. The summed E-state index contributed by atoms with van der Waals surface area (Å²) in [6.07, 6.45) is 2.93. The summed E-state index contributed by atoms with van der Waals surface area (Å²) < 4.78 is 18.8. The molecule has 3 rings (SSSR count). The molecule has 5 nitrogen and oxygen atoms in total. The second kappa shape index (κ2) is 8.05. The fourth-order valence-electron chi connectivity index (χ4n) is 3.50. The molecule has 1 aromatic carbocycles. The summed E-state index contributed by atoms with van der Waals surface area (Å²) in [6, 6.07) is 6.34. The van der Waals surface area contributed by atoms with E-state index in [9.17, 15) is 14.3 Å². The Hall–Kier alpha value is -1.50. The minimum atomic E-state index is -0.275. The quantitative estimate of drug-likeness (QED) is 0.907. The van der Waals surface area contributed by atoms with Crippen LogP contribution < -0.4 is 0 Å². The largest absolute Gasteiger partial charge is 0.395 e. The van der Waals surface area contributed by atoms with Gasteiger partial charge in [0, 0.05) is 12.6 Å². The molecule has 0 bridgehead atoms. The zero-order valence-corrected chi connectivity index (χ0v) is 13.9. The summed E-state index contributed by atoms with van der Waals surface area (Å²) in [4.78, 5) is 16.6. The number of aliphatic hydroxyl groups is 1. The van der Waals surface area contributed by atoms with Crippen LogP contribution in [0.3, 0.4) is 0 Å². The van der Waals surface area contributed by atoms with Gasteiger partial charge in [0.25, 0.3) is 0 Å². The van der Waals surface area contributed by atoms with Gasteiger partial charge in [-0.15, -0.1) is 0 Å². The van der Waals surface area contributed by atoms with Crippen LogP contribution in [0.4, 0.5) is 4.39 Å². The molecular formula is C18H25FN2O3. The predicted octanol–water partition coefficient (Wildman–Crippen LogP) is 1.57. The monoisotopic (exact) mass is 336 g/mol. The van der Waals surface area contributed by atoms with E-state index in [4.69, 9.17) is 4.74 Å². The summed E-state index contributed by atoms with van der Waals surface area (Å²) in [5.41, 5.74) is 0.889. The molecule has 24 heavy (non-hydrogen) atoms. The van der Waals surface area contributed by atoms with E-state index >= 15 is 0 Å². The van der Waals surface area contributed by atoms with Crippen molar-refractivity contribution in [3.8, 4) is 0 Å². The Morgan fingerprint density at radius 2 is 2.04 bits per heavy atom. The number of benzene rings is 1. The van der Waals surface area contributed by atoms with Crippen molar-refractivity contribution in [1.29, 1.82) is 0 Å².